The fourth-order valence-electron chi connectivity index (χ4n) is 2.63. The molecule has 2 rings (SSSR count). The van der Waals surface area contributed by atoms with Gasteiger partial charge in [0.25, 0.3) is 0 Å². The third-order valence-electron chi connectivity index (χ3n) is 4.24. The first-order valence-electron chi connectivity index (χ1n) is 9.32. The third kappa shape index (κ3) is 6.71. The van der Waals surface area contributed by atoms with Crippen LogP contribution >= 0.6 is 0 Å². The summed E-state index contributed by atoms with van der Waals surface area (Å²) >= 11 is 0. The molecule has 0 aliphatic heterocycles. The van der Waals surface area contributed by atoms with Crippen molar-refractivity contribution < 1.29 is 8.42 Å². The molecule has 2 N–H and O–H groups in total. The number of nitrogens with one attached hydrogen (secondary N) is 2. The Bertz CT molecular complexity index is 831. The van der Waals surface area contributed by atoms with Crippen molar-refractivity contribution in [2.24, 2.45) is 4.99 Å². The van der Waals surface area contributed by atoms with Crippen molar-refractivity contribution in [1.29, 1.82) is 0 Å². The molecule has 0 bridgehead atoms. The summed E-state index contributed by atoms with van der Waals surface area (Å²) in [6, 6.07) is 16.6. The van der Waals surface area contributed by atoms with E-state index >= 15 is 0 Å². The molecule has 0 heterocycles. The molecule has 1 unspecified atom stereocenters. The molecular formula is C21H29N3O2S. The molecule has 0 aliphatic carbocycles. The van der Waals surface area contributed by atoms with E-state index in [0.29, 0.717) is 30.4 Å². The lowest BCUT2D eigenvalue weighted by Crippen LogP contribution is -2.46. The fourth-order valence-corrected chi connectivity index (χ4v) is 4.24. The summed E-state index contributed by atoms with van der Waals surface area (Å²) in [4.78, 5) is 4.96. The zero-order chi connectivity index (χ0) is 19.7. The maximum atomic E-state index is 12.7. The van der Waals surface area contributed by atoms with Crippen LogP contribution in [0.15, 0.2) is 64.5 Å². The van der Waals surface area contributed by atoms with Gasteiger partial charge in [-0.3, -0.25) is 0 Å². The number of benzene rings is 2. The Balaban J connectivity index is 2.07. The van der Waals surface area contributed by atoms with Crippen molar-refractivity contribution in [2.45, 2.75) is 44.7 Å². The minimum absolute atomic E-state index is 0.0302. The van der Waals surface area contributed by atoms with Gasteiger partial charge < -0.3 is 10.6 Å². The number of nitrogens with zero attached hydrogens (tertiary/aromatic N) is 1. The van der Waals surface area contributed by atoms with Crippen molar-refractivity contribution in [3.63, 3.8) is 0 Å². The van der Waals surface area contributed by atoms with Crippen molar-refractivity contribution >= 4 is 15.8 Å². The molecule has 0 fully saturated rings. The van der Waals surface area contributed by atoms with Crippen LogP contribution in [0.2, 0.25) is 0 Å². The van der Waals surface area contributed by atoms with Gasteiger partial charge in [-0.25, -0.2) is 13.4 Å². The van der Waals surface area contributed by atoms with Gasteiger partial charge in [0.2, 0.25) is 0 Å². The lowest BCUT2D eigenvalue weighted by atomic mass is 10.1. The fraction of sp³-hybridized carbons (Fsp3) is 0.381. The van der Waals surface area contributed by atoms with E-state index in [0.717, 1.165) is 5.56 Å². The highest BCUT2D eigenvalue weighted by Gasteiger charge is 2.20. The number of hydrogen-bond donors (Lipinski definition) is 2. The van der Waals surface area contributed by atoms with Gasteiger partial charge in [-0.15, -0.1) is 0 Å². The van der Waals surface area contributed by atoms with E-state index in [-0.39, 0.29) is 11.8 Å². The van der Waals surface area contributed by atoms with E-state index in [1.54, 1.807) is 24.3 Å². The quantitative estimate of drug-likeness (QED) is 0.539. The molecule has 0 spiro atoms. The summed E-state index contributed by atoms with van der Waals surface area (Å²) in [5, 5.41) is 6.47. The van der Waals surface area contributed by atoms with Gasteiger partial charge >= 0.3 is 0 Å². The van der Waals surface area contributed by atoms with Crippen LogP contribution in [0.25, 0.3) is 0 Å². The van der Waals surface area contributed by atoms with E-state index in [2.05, 4.69) is 46.8 Å². The minimum atomic E-state index is -3.35. The van der Waals surface area contributed by atoms with E-state index < -0.39 is 9.84 Å². The van der Waals surface area contributed by atoms with Crippen molar-refractivity contribution in [1.82, 2.24) is 10.6 Å². The van der Waals surface area contributed by atoms with Crippen molar-refractivity contribution in [2.75, 3.05) is 12.3 Å². The van der Waals surface area contributed by atoms with Gasteiger partial charge in [0, 0.05) is 12.6 Å². The van der Waals surface area contributed by atoms with E-state index in [9.17, 15) is 8.42 Å². The average Bonchev–Trinajstić information content (AvgIpc) is 2.67. The Kier molecular flexibility index (Phi) is 7.85. The second-order valence-corrected chi connectivity index (χ2v) is 8.56. The summed E-state index contributed by atoms with van der Waals surface area (Å²) in [6.45, 7) is 7.27. The maximum absolute atomic E-state index is 12.7. The largest absolute Gasteiger partial charge is 0.357 e. The lowest BCUT2D eigenvalue weighted by molar-refractivity contribution is 0.569. The van der Waals surface area contributed by atoms with Gasteiger partial charge in [0.15, 0.2) is 15.8 Å². The maximum Gasteiger partial charge on any atom is 0.191 e. The molecule has 0 saturated carbocycles. The highest BCUT2D eigenvalue weighted by atomic mass is 32.2. The Labute approximate surface area is 162 Å². The molecule has 0 aliphatic rings. The van der Waals surface area contributed by atoms with Crippen LogP contribution in [0.1, 0.15) is 31.4 Å². The van der Waals surface area contributed by atoms with Crippen LogP contribution in [0.5, 0.6) is 0 Å². The molecule has 5 nitrogen and oxygen atoms in total. The molecule has 6 heteroatoms. The molecular weight excluding hydrogens is 358 g/mol. The molecule has 146 valence electrons. The summed E-state index contributed by atoms with van der Waals surface area (Å²) in [6.07, 6.45) is 0.682. The van der Waals surface area contributed by atoms with Crippen LogP contribution < -0.4 is 10.6 Å². The number of aliphatic imine (C=N–C) groups is 1. The number of rotatable bonds is 8. The zero-order valence-corrected chi connectivity index (χ0v) is 17.1. The Morgan fingerprint density at radius 3 is 2.30 bits per heavy atom. The van der Waals surface area contributed by atoms with Crippen molar-refractivity contribution in [3.05, 3.63) is 65.7 Å². The van der Waals surface area contributed by atoms with Crippen LogP contribution in [0, 0.1) is 6.92 Å². The number of aryl methyl sites for hydroxylation is 1. The Morgan fingerprint density at radius 2 is 1.70 bits per heavy atom. The monoisotopic (exact) mass is 387 g/mol. The van der Waals surface area contributed by atoms with Gasteiger partial charge in [-0.1, -0.05) is 55.0 Å². The number of sulfone groups is 1. The lowest BCUT2D eigenvalue weighted by Gasteiger charge is -2.20. The normalized spacial score (nSPS) is 13.2. The first kappa shape index (κ1) is 21.0. The molecule has 0 saturated heterocycles. The van der Waals surface area contributed by atoms with Gasteiger partial charge in [0.05, 0.1) is 17.2 Å². The Hall–Kier alpha value is -2.34. The highest BCUT2D eigenvalue weighted by Crippen LogP contribution is 2.12. The smallest absolute Gasteiger partial charge is 0.191 e. The second-order valence-electron chi connectivity index (χ2n) is 6.52. The molecule has 2 aromatic carbocycles. The highest BCUT2D eigenvalue weighted by molar-refractivity contribution is 7.91. The molecule has 0 amide bonds. The number of hydrogen-bond acceptors (Lipinski definition) is 3. The molecule has 27 heavy (non-hydrogen) atoms. The second kappa shape index (κ2) is 10.1. The minimum Gasteiger partial charge on any atom is -0.357 e. The zero-order valence-electron chi connectivity index (χ0n) is 16.3. The molecule has 2 aromatic rings. The molecule has 0 aromatic heterocycles. The van der Waals surface area contributed by atoms with Crippen LogP contribution in [0.3, 0.4) is 0 Å². The Morgan fingerprint density at radius 1 is 1.04 bits per heavy atom. The van der Waals surface area contributed by atoms with Crippen LogP contribution in [0.4, 0.5) is 0 Å². The van der Waals surface area contributed by atoms with Gasteiger partial charge in [-0.05, 0) is 38.0 Å². The van der Waals surface area contributed by atoms with E-state index in [1.165, 1.54) is 5.56 Å². The summed E-state index contributed by atoms with van der Waals surface area (Å²) < 4.78 is 25.3. The first-order valence-corrected chi connectivity index (χ1v) is 11.0. The molecule has 0 radical (unpaired) electrons. The van der Waals surface area contributed by atoms with Crippen molar-refractivity contribution in [3.8, 4) is 0 Å². The summed E-state index contributed by atoms with van der Waals surface area (Å²) in [5.41, 5.74) is 2.33. The average molecular weight is 388 g/mol. The summed E-state index contributed by atoms with van der Waals surface area (Å²) in [5.74, 6) is 0.663. The predicted octanol–water partition coefficient (Wildman–Crippen LogP) is 3.30. The van der Waals surface area contributed by atoms with E-state index in [1.807, 2.05) is 19.9 Å². The van der Waals surface area contributed by atoms with Crippen LogP contribution in [-0.4, -0.2) is 32.7 Å². The molecule has 1 atom stereocenters. The van der Waals surface area contributed by atoms with Gasteiger partial charge in [-0.2, -0.15) is 0 Å². The number of guanidine groups is 1. The first-order chi connectivity index (χ1) is 12.9. The van der Waals surface area contributed by atoms with Crippen LogP contribution in [-0.2, 0) is 16.4 Å². The topological polar surface area (TPSA) is 70.6 Å². The summed E-state index contributed by atoms with van der Waals surface area (Å²) in [7, 11) is -3.35. The third-order valence-corrected chi connectivity index (χ3v) is 6.07. The predicted molar refractivity (Wildman–Crippen MR) is 112 cm³/mol. The standard InChI is InChI=1S/C21H29N3O2S/c1-4-19(16-27(25,26)20-9-7-6-8-10-20)24-21(22-5-2)23-15-18-13-11-17(3)12-14-18/h6-14,19H,4-5,15-16H2,1-3H3,(H2,22,23,24). The van der Waals surface area contributed by atoms with Gasteiger partial charge in [0.1, 0.15) is 0 Å². The SMILES string of the molecule is CCNC(=NCc1ccc(C)cc1)NC(CC)CS(=O)(=O)c1ccccc1. The van der Waals surface area contributed by atoms with E-state index in [4.69, 9.17) is 0 Å².